The van der Waals surface area contributed by atoms with Crippen molar-refractivity contribution >= 4 is 0 Å². The normalized spacial score (nSPS) is 10.4. The second-order valence-corrected chi connectivity index (χ2v) is 4.63. The first kappa shape index (κ1) is 12.4. The van der Waals surface area contributed by atoms with Crippen molar-refractivity contribution in [2.24, 2.45) is 0 Å². The summed E-state index contributed by atoms with van der Waals surface area (Å²) in [5.74, 6) is 0. The zero-order valence-electron chi connectivity index (χ0n) is 11.3. The van der Waals surface area contributed by atoms with Crippen LogP contribution in [-0.2, 0) is 6.42 Å². The number of hydrogen-bond donors (Lipinski definition) is 0. The SMILES string of the molecule is CCc1c(C#N)cnn1-c1c(C)cc(C)cc1C. The molecule has 0 bridgehead atoms. The minimum Gasteiger partial charge on any atom is -0.236 e. The van der Waals surface area contributed by atoms with Gasteiger partial charge in [-0.3, -0.25) is 0 Å². The molecule has 18 heavy (non-hydrogen) atoms. The third-order valence-electron chi connectivity index (χ3n) is 3.17. The van der Waals surface area contributed by atoms with Crippen LogP contribution < -0.4 is 0 Å². The van der Waals surface area contributed by atoms with Crippen molar-refractivity contribution in [1.29, 1.82) is 5.26 Å². The van der Waals surface area contributed by atoms with Gasteiger partial charge in [-0.2, -0.15) is 10.4 Å². The fourth-order valence-electron chi connectivity index (χ4n) is 2.51. The number of aromatic nitrogens is 2. The molecule has 3 heteroatoms. The fraction of sp³-hybridized carbons (Fsp3) is 0.333. The summed E-state index contributed by atoms with van der Waals surface area (Å²) in [5, 5.41) is 13.5. The Bertz CT molecular complexity index is 607. The highest BCUT2D eigenvalue weighted by atomic mass is 15.3. The molecule has 0 atom stereocenters. The van der Waals surface area contributed by atoms with Gasteiger partial charge in [0.1, 0.15) is 6.07 Å². The number of rotatable bonds is 2. The van der Waals surface area contributed by atoms with Gasteiger partial charge in [-0.05, 0) is 38.3 Å². The molecule has 0 fully saturated rings. The average Bonchev–Trinajstić information content (AvgIpc) is 2.70. The van der Waals surface area contributed by atoms with E-state index in [0.717, 1.165) is 17.8 Å². The molecule has 0 unspecified atom stereocenters. The quantitative estimate of drug-likeness (QED) is 0.807. The van der Waals surface area contributed by atoms with E-state index in [0.29, 0.717) is 5.56 Å². The summed E-state index contributed by atoms with van der Waals surface area (Å²) in [6.45, 7) is 8.31. The minimum atomic E-state index is 0.664. The number of benzene rings is 1. The predicted molar refractivity (Wildman–Crippen MR) is 71.9 cm³/mol. The lowest BCUT2D eigenvalue weighted by atomic mass is 10.0. The van der Waals surface area contributed by atoms with Crippen LogP contribution in [0.25, 0.3) is 5.69 Å². The van der Waals surface area contributed by atoms with Crippen molar-refractivity contribution in [2.75, 3.05) is 0 Å². The zero-order chi connectivity index (χ0) is 13.3. The highest BCUT2D eigenvalue weighted by molar-refractivity contribution is 5.51. The van der Waals surface area contributed by atoms with Crippen molar-refractivity contribution in [1.82, 2.24) is 9.78 Å². The van der Waals surface area contributed by atoms with Gasteiger partial charge in [0.25, 0.3) is 0 Å². The summed E-state index contributed by atoms with van der Waals surface area (Å²) in [6.07, 6.45) is 2.45. The van der Waals surface area contributed by atoms with E-state index in [9.17, 15) is 0 Å². The van der Waals surface area contributed by atoms with Crippen LogP contribution in [0, 0.1) is 32.1 Å². The third kappa shape index (κ3) is 1.91. The van der Waals surface area contributed by atoms with E-state index in [1.807, 2.05) is 11.6 Å². The maximum absolute atomic E-state index is 9.09. The van der Waals surface area contributed by atoms with E-state index >= 15 is 0 Å². The molecule has 0 saturated carbocycles. The molecule has 0 amide bonds. The monoisotopic (exact) mass is 239 g/mol. The average molecular weight is 239 g/mol. The van der Waals surface area contributed by atoms with Crippen LogP contribution in [0.2, 0.25) is 0 Å². The van der Waals surface area contributed by atoms with Gasteiger partial charge in [0.05, 0.1) is 23.1 Å². The standard InChI is InChI=1S/C15H17N3/c1-5-14-13(8-16)9-17-18(14)15-11(3)6-10(2)7-12(15)4/h6-7,9H,5H2,1-4H3. The summed E-state index contributed by atoms with van der Waals surface area (Å²) >= 11 is 0. The van der Waals surface area contributed by atoms with Gasteiger partial charge in [-0.25, -0.2) is 4.68 Å². The lowest BCUT2D eigenvalue weighted by Crippen LogP contribution is -2.06. The number of hydrogen-bond acceptors (Lipinski definition) is 2. The predicted octanol–water partition coefficient (Wildman–Crippen LogP) is 3.23. The molecule has 0 saturated heterocycles. The Labute approximate surface area is 108 Å². The molecule has 1 aromatic carbocycles. The van der Waals surface area contributed by atoms with Crippen LogP contribution >= 0.6 is 0 Å². The topological polar surface area (TPSA) is 41.6 Å². The maximum atomic E-state index is 9.09. The van der Waals surface area contributed by atoms with E-state index < -0.39 is 0 Å². The highest BCUT2D eigenvalue weighted by Crippen LogP contribution is 2.23. The Hall–Kier alpha value is -2.08. The highest BCUT2D eigenvalue weighted by Gasteiger charge is 2.14. The lowest BCUT2D eigenvalue weighted by molar-refractivity contribution is 0.801. The first-order valence-corrected chi connectivity index (χ1v) is 6.13. The summed E-state index contributed by atoms with van der Waals surface area (Å²) in [6, 6.07) is 6.50. The third-order valence-corrected chi connectivity index (χ3v) is 3.17. The summed E-state index contributed by atoms with van der Waals surface area (Å²) in [4.78, 5) is 0. The van der Waals surface area contributed by atoms with Gasteiger partial charge in [0.2, 0.25) is 0 Å². The summed E-state index contributed by atoms with van der Waals surface area (Å²) in [7, 11) is 0. The van der Waals surface area contributed by atoms with E-state index in [1.165, 1.54) is 16.7 Å². The van der Waals surface area contributed by atoms with Crippen LogP contribution in [0.1, 0.15) is 34.9 Å². The van der Waals surface area contributed by atoms with E-state index in [4.69, 9.17) is 5.26 Å². The molecule has 1 aromatic heterocycles. The molecular formula is C15H17N3. The molecule has 0 spiro atoms. The Kier molecular flexibility index (Phi) is 3.20. The second kappa shape index (κ2) is 4.66. The smallest absolute Gasteiger partial charge is 0.103 e. The Morgan fingerprint density at radius 2 is 1.83 bits per heavy atom. The molecule has 0 N–H and O–H groups in total. The summed E-state index contributed by atoms with van der Waals surface area (Å²) < 4.78 is 1.91. The van der Waals surface area contributed by atoms with E-state index in [1.54, 1.807) is 6.20 Å². The van der Waals surface area contributed by atoms with Gasteiger partial charge in [-0.1, -0.05) is 24.6 Å². The first-order valence-electron chi connectivity index (χ1n) is 6.13. The van der Waals surface area contributed by atoms with Gasteiger partial charge in [0.15, 0.2) is 0 Å². The molecule has 0 radical (unpaired) electrons. The molecule has 0 aliphatic carbocycles. The Morgan fingerprint density at radius 1 is 1.22 bits per heavy atom. The van der Waals surface area contributed by atoms with Crippen LogP contribution in [0.15, 0.2) is 18.3 Å². The Morgan fingerprint density at radius 3 is 2.33 bits per heavy atom. The van der Waals surface area contributed by atoms with Gasteiger partial charge in [-0.15, -0.1) is 0 Å². The molecule has 0 aliphatic rings. The van der Waals surface area contributed by atoms with Crippen molar-refractivity contribution in [3.63, 3.8) is 0 Å². The van der Waals surface area contributed by atoms with Crippen LogP contribution in [0.4, 0.5) is 0 Å². The van der Waals surface area contributed by atoms with Crippen molar-refractivity contribution in [3.05, 3.63) is 46.3 Å². The fourth-order valence-corrected chi connectivity index (χ4v) is 2.51. The van der Waals surface area contributed by atoms with Crippen LogP contribution in [0.3, 0.4) is 0 Å². The first-order chi connectivity index (χ1) is 8.58. The molecule has 0 aliphatic heterocycles. The van der Waals surface area contributed by atoms with Crippen LogP contribution in [0.5, 0.6) is 0 Å². The van der Waals surface area contributed by atoms with Crippen LogP contribution in [-0.4, -0.2) is 9.78 Å². The molecule has 3 nitrogen and oxygen atoms in total. The largest absolute Gasteiger partial charge is 0.236 e. The number of nitrogens with zero attached hydrogens (tertiary/aromatic N) is 3. The maximum Gasteiger partial charge on any atom is 0.103 e. The van der Waals surface area contributed by atoms with Crippen molar-refractivity contribution in [3.8, 4) is 11.8 Å². The number of nitriles is 1. The molecule has 1 heterocycles. The molecular weight excluding hydrogens is 222 g/mol. The molecule has 2 rings (SSSR count). The van der Waals surface area contributed by atoms with Gasteiger partial charge < -0.3 is 0 Å². The summed E-state index contributed by atoms with van der Waals surface area (Å²) in [5.41, 5.74) is 6.37. The Balaban J connectivity index is 2.70. The van der Waals surface area contributed by atoms with E-state index in [2.05, 4.69) is 44.1 Å². The second-order valence-electron chi connectivity index (χ2n) is 4.63. The zero-order valence-corrected chi connectivity index (χ0v) is 11.3. The van der Waals surface area contributed by atoms with Gasteiger partial charge in [0, 0.05) is 0 Å². The molecule has 92 valence electrons. The lowest BCUT2D eigenvalue weighted by Gasteiger charge is -2.13. The number of aryl methyl sites for hydroxylation is 3. The van der Waals surface area contributed by atoms with Crippen molar-refractivity contribution in [2.45, 2.75) is 34.1 Å². The van der Waals surface area contributed by atoms with E-state index in [-0.39, 0.29) is 0 Å². The minimum absolute atomic E-state index is 0.664. The molecule has 2 aromatic rings. The van der Waals surface area contributed by atoms with Gasteiger partial charge >= 0.3 is 0 Å². The van der Waals surface area contributed by atoms with Crippen molar-refractivity contribution < 1.29 is 0 Å².